The Bertz CT molecular complexity index is 593. The van der Waals surface area contributed by atoms with Crippen LogP contribution in [0.1, 0.15) is 23.0 Å². The molecule has 106 valence electrons. The van der Waals surface area contributed by atoms with Crippen molar-refractivity contribution in [1.82, 2.24) is 19.7 Å². The second kappa shape index (κ2) is 6.18. The maximum Gasteiger partial charge on any atom is 0.272 e. The van der Waals surface area contributed by atoms with E-state index in [0.717, 1.165) is 17.8 Å². The minimum atomic E-state index is -0.103. The number of nitrogens with zero attached hydrogens (tertiary/aromatic N) is 4. The SMILES string of the molecule is CCNc1ccnc(C(=O)N(C)Cc2cnn(C)c2)c1. The van der Waals surface area contributed by atoms with Gasteiger partial charge in [-0.15, -0.1) is 0 Å². The van der Waals surface area contributed by atoms with Crippen molar-refractivity contribution in [2.24, 2.45) is 7.05 Å². The lowest BCUT2D eigenvalue weighted by Gasteiger charge is -2.16. The first-order chi connectivity index (χ1) is 9.60. The molecule has 0 unspecified atom stereocenters. The predicted molar refractivity (Wildman–Crippen MR) is 77.4 cm³/mol. The summed E-state index contributed by atoms with van der Waals surface area (Å²) in [5.74, 6) is -0.103. The fourth-order valence-electron chi connectivity index (χ4n) is 1.96. The zero-order valence-electron chi connectivity index (χ0n) is 12.0. The van der Waals surface area contributed by atoms with Crippen molar-refractivity contribution in [3.63, 3.8) is 0 Å². The Morgan fingerprint density at radius 3 is 2.95 bits per heavy atom. The van der Waals surface area contributed by atoms with E-state index in [2.05, 4.69) is 15.4 Å². The van der Waals surface area contributed by atoms with Crippen LogP contribution in [0.15, 0.2) is 30.7 Å². The predicted octanol–water partition coefficient (Wildman–Crippen LogP) is 1.52. The van der Waals surface area contributed by atoms with Gasteiger partial charge in [0, 0.05) is 50.8 Å². The molecule has 0 fully saturated rings. The third-order valence-corrected chi connectivity index (χ3v) is 2.88. The number of hydrogen-bond donors (Lipinski definition) is 1. The molecule has 0 aliphatic carbocycles. The lowest BCUT2D eigenvalue weighted by molar-refractivity contribution is 0.0779. The Hall–Kier alpha value is -2.37. The number of hydrogen-bond acceptors (Lipinski definition) is 4. The van der Waals surface area contributed by atoms with E-state index in [1.807, 2.05) is 26.2 Å². The molecule has 0 spiro atoms. The average molecular weight is 273 g/mol. The van der Waals surface area contributed by atoms with Gasteiger partial charge < -0.3 is 10.2 Å². The van der Waals surface area contributed by atoms with Gasteiger partial charge in [-0.05, 0) is 19.1 Å². The van der Waals surface area contributed by atoms with E-state index in [4.69, 9.17) is 0 Å². The van der Waals surface area contributed by atoms with Crippen LogP contribution in [0.2, 0.25) is 0 Å². The summed E-state index contributed by atoms with van der Waals surface area (Å²) in [5, 5.41) is 7.26. The van der Waals surface area contributed by atoms with Crippen molar-refractivity contribution in [3.05, 3.63) is 42.0 Å². The second-order valence-corrected chi connectivity index (χ2v) is 4.64. The first-order valence-electron chi connectivity index (χ1n) is 6.53. The molecule has 0 aliphatic heterocycles. The first-order valence-corrected chi connectivity index (χ1v) is 6.53. The van der Waals surface area contributed by atoms with Gasteiger partial charge in [0.2, 0.25) is 0 Å². The molecule has 2 aromatic heterocycles. The van der Waals surface area contributed by atoms with E-state index in [0.29, 0.717) is 12.2 Å². The Morgan fingerprint density at radius 2 is 2.30 bits per heavy atom. The summed E-state index contributed by atoms with van der Waals surface area (Å²) in [4.78, 5) is 18.1. The standard InChI is InChI=1S/C14H19N5O/c1-4-15-12-5-6-16-13(7-12)14(20)18(2)9-11-8-17-19(3)10-11/h5-8,10H,4,9H2,1-3H3,(H,15,16). The molecule has 6 heteroatoms. The normalized spacial score (nSPS) is 10.3. The summed E-state index contributed by atoms with van der Waals surface area (Å²) in [6.45, 7) is 3.33. The van der Waals surface area contributed by atoms with Crippen molar-refractivity contribution in [2.45, 2.75) is 13.5 Å². The third-order valence-electron chi connectivity index (χ3n) is 2.88. The molecule has 0 saturated heterocycles. The molecule has 0 aromatic carbocycles. The maximum absolute atomic E-state index is 12.3. The van der Waals surface area contributed by atoms with Crippen molar-refractivity contribution in [3.8, 4) is 0 Å². The summed E-state index contributed by atoms with van der Waals surface area (Å²) >= 11 is 0. The highest BCUT2D eigenvalue weighted by Crippen LogP contribution is 2.11. The lowest BCUT2D eigenvalue weighted by atomic mass is 10.2. The molecule has 0 aliphatic rings. The smallest absolute Gasteiger partial charge is 0.272 e. The molecule has 0 radical (unpaired) electrons. The molecule has 6 nitrogen and oxygen atoms in total. The van der Waals surface area contributed by atoms with Gasteiger partial charge in [0.1, 0.15) is 5.69 Å². The van der Waals surface area contributed by atoms with Crippen molar-refractivity contribution >= 4 is 11.6 Å². The quantitative estimate of drug-likeness (QED) is 0.897. The van der Waals surface area contributed by atoms with Crippen molar-refractivity contribution < 1.29 is 4.79 Å². The fourth-order valence-corrected chi connectivity index (χ4v) is 1.96. The van der Waals surface area contributed by atoms with Gasteiger partial charge in [0.25, 0.3) is 5.91 Å². The minimum Gasteiger partial charge on any atom is -0.385 e. The van der Waals surface area contributed by atoms with E-state index in [9.17, 15) is 4.79 Å². The third kappa shape index (κ3) is 3.34. The number of aromatic nitrogens is 3. The number of pyridine rings is 1. The van der Waals surface area contributed by atoms with Gasteiger partial charge in [-0.3, -0.25) is 14.5 Å². The molecule has 0 saturated carbocycles. The minimum absolute atomic E-state index is 0.103. The Labute approximate surface area is 118 Å². The maximum atomic E-state index is 12.3. The molecule has 2 aromatic rings. The van der Waals surface area contributed by atoms with Gasteiger partial charge in [0.05, 0.1) is 6.20 Å². The van der Waals surface area contributed by atoms with Crippen LogP contribution in [0.5, 0.6) is 0 Å². The van der Waals surface area contributed by atoms with Crippen molar-refractivity contribution in [1.29, 1.82) is 0 Å². The molecule has 1 amide bonds. The first kappa shape index (κ1) is 14.0. The molecule has 0 atom stereocenters. The van der Waals surface area contributed by atoms with Crippen LogP contribution < -0.4 is 5.32 Å². The highest BCUT2D eigenvalue weighted by Gasteiger charge is 2.14. The van der Waals surface area contributed by atoms with Crippen LogP contribution in [-0.2, 0) is 13.6 Å². The van der Waals surface area contributed by atoms with E-state index in [1.165, 1.54) is 0 Å². The zero-order chi connectivity index (χ0) is 14.5. The number of amides is 1. The summed E-state index contributed by atoms with van der Waals surface area (Å²) < 4.78 is 1.72. The van der Waals surface area contributed by atoms with Gasteiger partial charge in [0.15, 0.2) is 0 Å². The lowest BCUT2D eigenvalue weighted by Crippen LogP contribution is -2.26. The van der Waals surface area contributed by atoms with Crippen molar-refractivity contribution in [2.75, 3.05) is 18.9 Å². The van der Waals surface area contributed by atoms with Crippen LogP contribution in [0.4, 0.5) is 5.69 Å². The Balaban J connectivity index is 2.07. The number of rotatable bonds is 5. The van der Waals surface area contributed by atoms with Crippen LogP contribution in [-0.4, -0.2) is 39.2 Å². The fraction of sp³-hybridized carbons (Fsp3) is 0.357. The molecular formula is C14H19N5O. The van der Waals surface area contributed by atoms with Crippen LogP contribution in [0.25, 0.3) is 0 Å². The highest BCUT2D eigenvalue weighted by molar-refractivity contribution is 5.92. The van der Waals surface area contributed by atoms with E-state index >= 15 is 0 Å². The summed E-state index contributed by atoms with van der Waals surface area (Å²) in [6.07, 6.45) is 5.29. The Kier molecular flexibility index (Phi) is 4.34. The van der Waals surface area contributed by atoms with Gasteiger partial charge in [-0.25, -0.2) is 0 Å². The number of carbonyl (C=O) groups excluding carboxylic acids is 1. The average Bonchev–Trinajstić information content (AvgIpc) is 2.84. The Morgan fingerprint density at radius 1 is 1.50 bits per heavy atom. The van der Waals surface area contributed by atoms with E-state index in [1.54, 1.807) is 35.1 Å². The molecule has 0 bridgehead atoms. The van der Waals surface area contributed by atoms with Crippen LogP contribution >= 0.6 is 0 Å². The largest absolute Gasteiger partial charge is 0.385 e. The molecule has 20 heavy (non-hydrogen) atoms. The van der Waals surface area contributed by atoms with E-state index < -0.39 is 0 Å². The summed E-state index contributed by atoms with van der Waals surface area (Å²) in [6, 6.07) is 3.62. The summed E-state index contributed by atoms with van der Waals surface area (Å²) in [5.41, 5.74) is 2.33. The molecule has 2 heterocycles. The number of carbonyl (C=O) groups is 1. The summed E-state index contributed by atoms with van der Waals surface area (Å²) in [7, 11) is 3.61. The number of nitrogens with one attached hydrogen (secondary N) is 1. The highest BCUT2D eigenvalue weighted by atomic mass is 16.2. The second-order valence-electron chi connectivity index (χ2n) is 4.64. The van der Waals surface area contributed by atoms with Crippen LogP contribution in [0, 0.1) is 0 Å². The van der Waals surface area contributed by atoms with Gasteiger partial charge in [-0.1, -0.05) is 0 Å². The van der Waals surface area contributed by atoms with Gasteiger partial charge in [-0.2, -0.15) is 5.10 Å². The molecular weight excluding hydrogens is 254 g/mol. The van der Waals surface area contributed by atoms with Gasteiger partial charge >= 0.3 is 0 Å². The number of aryl methyl sites for hydroxylation is 1. The van der Waals surface area contributed by atoms with E-state index in [-0.39, 0.29) is 5.91 Å². The van der Waals surface area contributed by atoms with Crippen LogP contribution in [0.3, 0.4) is 0 Å². The monoisotopic (exact) mass is 273 g/mol. The molecule has 1 N–H and O–H groups in total. The topological polar surface area (TPSA) is 63.1 Å². The zero-order valence-corrected chi connectivity index (χ0v) is 12.0. The molecule has 2 rings (SSSR count). The number of anilines is 1.